The van der Waals surface area contributed by atoms with Crippen LogP contribution in [0.4, 0.5) is 0 Å². The first-order chi connectivity index (χ1) is 15.1. The molecule has 0 spiro atoms. The molecule has 0 radical (unpaired) electrons. The predicted octanol–water partition coefficient (Wildman–Crippen LogP) is 4.83. The van der Waals surface area contributed by atoms with E-state index in [4.69, 9.17) is 9.47 Å². The predicted molar refractivity (Wildman–Crippen MR) is 122 cm³/mol. The van der Waals surface area contributed by atoms with Gasteiger partial charge in [0.2, 0.25) is 0 Å². The molecule has 4 aliphatic rings. The van der Waals surface area contributed by atoms with E-state index < -0.39 is 0 Å². The molecular weight excluding hydrogens is 404 g/mol. The highest BCUT2D eigenvalue weighted by atomic mass is 16.5. The molecule has 32 heavy (non-hydrogen) atoms. The number of hydrogen-bond acceptors (Lipinski definition) is 5. The number of hydrogen-bond donors (Lipinski definition) is 1. The fourth-order valence-electron chi connectivity index (χ4n) is 8.39. The summed E-state index contributed by atoms with van der Waals surface area (Å²) in [6, 6.07) is 0. The third-order valence-electron chi connectivity index (χ3n) is 9.74. The van der Waals surface area contributed by atoms with Gasteiger partial charge in [-0.1, -0.05) is 38.5 Å². The van der Waals surface area contributed by atoms with Crippen LogP contribution in [0.5, 0.6) is 0 Å². The number of methoxy groups -OCH3 is 1. The summed E-state index contributed by atoms with van der Waals surface area (Å²) in [4.78, 5) is 23.1. The van der Waals surface area contributed by atoms with Crippen molar-refractivity contribution in [1.82, 2.24) is 0 Å². The third kappa shape index (κ3) is 3.85. The molecule has 0 aromatic heterocycles. The second-order valence-corrected chi connectivity index (χ2v) is 11.3. The second-order valence-electron chi connectivity index (χ2n) is 11.3. The van der Waals surface area contributed by atoms with Gasteiger partial charge in [-0.2, -0.15) is 0 Å². The Morgan fingerprint density at radius 1 is 1.25 bits per heavy atom. The molecule has 1 N–H and O–H groups in total. The Bertz CT molecular complexity index is 815. The zero-order valence-corrected chi connectivity index (χ0v) is 20.3. The van der Waals surface area contributed by atoms with Crippen LogP contribution in [-0.2, 0) is 19.1 Å². The summed E-state index contributed by atoms with van der Waals surface area (Å²) in [5.41, 5.74) is 1.45. The van der Waals surface area contributed by atoms with E-state index in [1.807, 2.05) is 6.08 Å². The maximum absolute atomic E-state index is 11.6. The minimum absolute atomic E-state index is 0.0292. The lowest BCUT2D eigenvalue weighted by molar-refractivity contribution is -0.178. The van der Waals surface area contributed by atoms with Gasteiger partial charge in [-0.3, -0.25) is 4.79 Å². The van der Waals surface area contributed by atoms with Gasteiger partial charge in [-0.15, -0.1) is 0 Å². The Balaban J connectivity index is 1.54. The Morgan fingerprint density at radius 2 is 2.00 bits per heavy atom. The number of fused-ring (bicyclic) bond motifs is 5. The van der Waals surface area contributed by atoms with Gasteiger partial charge in [0.05, 0.1) is 13.2 Å². The number of esters is 2. The lowest BCUT2D eigenvalue weighted by atomic mass is 9.43. The first kappa shape index (κ1) is 23.5. The van der Waals surface area contributed by atoms with Crippen LogP contribution >= 0.6 is 0 Å². The number of aliphatic hydroxyl groups is 1. The average Bonchev–Trinajstić information content (AvgIpc) is 3.07. The largest absolute Gasteiger partial charge is 0.466 e. The number of carbonyl (C=O) groups is 2. The summed E-state index contributed by atoms with van der Waals surface area (Å²) >= 11 is 0. The molecule has 0 aliphatic heterocycles. The molecule has 5 nitrogen and oxygen atoms in total. The molecule has 4 unspecified atom stereocenters. The highest BCUT2D eigenvalue weighted by Gasteiger charge is 2.61. The van der Waals surface area contributed by atoms with E-state index in [0.717, 1.165) is 44.9 Å². The first-order valence-corrected chi connectivity index (χ1v) is 12.4. The van der Waals surface area contributed by atoms with Crippen LogP contribution in [0.3, 0.4) is 0 Å². The van der Waals surface area contributed by atoms with Crippen molar-refractivity contribution in [2.24, 2.45) is 40.4 Å². The van der Waals surface area contributed by atoms with Crippen molar-refractivity contribution < 1.29 is 24.2 Å². The van der Waals surface area contributed by atoms with Crippen LogP contribution in [0.1, 0.15) is 72.6 Å². The third-order valence-corrected chi connectivity index (χ3v) is 9.74. The molecule has 0 saturated heterocycles. The average molecular weight is 445 g/mol. The van der Waals surface area contributed by atoms with Gasteiger partial charge < -0.3 is 14.6 Å². The maximum Gasteiger partial charge on any atom is 0.330 e. The van der Waals surface area contributed by atoms with Crippen LogP contribution in [0.25, 0.3) is 0 Å². The van der Waals surface area contributed by atoms with E-state index in [2.05, 4.69) is 26.8 Å². The standard InChI is InChI=1S/C27H40O5/c1-16(6-11-24(30)31-5)21-9-10-22-20-8-7-18-14-19(32-17(2)28)12-13-26(18,3)25(20)23(29)15-27(21,22)4/h6,9,11,16,18-20,22-23,25,29H,7-8,10,12-15H2,1-5H3/b11-6+/t16-,18-,19+,20?,22?,23?,25?,26+,27-/m1/s1. The van der Waals surface area contributed by atoms with Gasteiger partial charge in [0, 0.05) is 13.0 Å². The molecule has 3 saturated carbocycles. The number of carbonyl (C=O) groups excluding carboxylic acids is 2. The van der Waals surface area contributed by atoms with Crippen molar-refractivity contribution in [1.29, 1.82) is 0 Å². The van der Waals surface area contributed by atoms with Crippen LogP contribution in [0, 0.1) is 40.4 Å². The molecule has 5 heteroatoms. The molecule has 0 heterocycles. The summed E-state index contributed by atoms with van der Waals surface area (Å²) < 4.78 is 10.3. The van der Waals surface area contributed by atoms with Crippen molar-refractivity contribution in [3.8, 4) is 0 Å². The zero-order chi connectivity index (χ0) is 23.3. The van der Waals surface area contributed by atoms with E-state index >= 15 is 0 Å². The maximum atomic E-state index is 11.6. The van der Waals surface area contributed by atoms with E-state index in [1.54, 1.807) is 0 Å². The molecule has 0 aromatic carbocycles. The van der Waals surface area contributed by atoms with Gasteiger partial charge in [0.1, 0.15) is 6.10 Å². The monoisotopic (exact) mass is 444 g/mol. The molecule has 9 atom stereocenters. The number of allylic oxidation sites excluding steroid dienone is 3. The molecule has 4 rings (SSSR count). The summed E-state index contributed by atoms with van der Waals surface area (Å²) in [5, 5.41) is 11.6. The van der Waals surface area contributed by atoms with Gasteiger partial charge in [0.15, 0.2) is 0 Å². The normalized spacial score (nSPS) is 44.1. The van der Waals surface area contributed by atoms with Gasteiger partial charge >= 0.3 is 11.9 Å². The van der Waals surface area contributed by atoms with E-state index in [0.29, 0.717) is 23.7 Å². The minimum atomic E-state index is -0.323. The number of rotatable bonds is 4. The van der Waals surface area contributed by atoms with E-state index in [-0.39, 0.29) is 40.9 Å². The van der Waals surface area contributed by atoms with Crippen molar-refractivity contribution in [2.75, 3.05) is 7.11 Å². The fraction of sp³-hybridized carbons (Fsp3) is 0.778. The van der Waals surface area contributed by atoms with Crippen LogP contribution < -0.4 is 0 Å². The van der Waals surface area contributed by atoms with Crippen molar-refractivity contribution in [3.63, 3.8) is 0 Å². The Hall–Kier alpha value is -1.62. The quantitative estimate of drug-likeness (QED) is 0.382. The molecule has 3 fully saturated rings. The van der Waals surface area contributed by atoms with Gasteiger partial charge in [-0.05, 0) is 85.4 Å². The SMILES string of the molecule is COC(=O)/C=C/[C@@H](C)C1=CCC2C3CC[C@@H]4C[C@@H](OC(C)=O)CC[C@]4(C)C3C(O)C[C@]12C. The summed E-state index contributed by atoms with van der Waals surface area (Å²) in [5.74, 6) is 1.53. The Kier molecular flexibility index (Phi) is 6.34. The fourth-order valence-corrected chi connectivity index (χ4v) is 8.39. The number of ether oxygens (including phenoxy) is 2. The van der Waals surface area contributed by atoms with Crippen molar-refractivity contribution >= 4 is 11.9 Å². The molecule has 0 bridgehead atoms. The zero-order valence-electron chi connectivity index (χ0n) is 20.3. The van der Waals surface area contributed by atoms with E-state index in [1.165, 1.54) is 25.7 Å². The summed E-state index contributed by atoms with van der Waals surface area (Å²) in [6.07, 6.45) is 12.6. The first-order valence-electron chi connectivity index (χ1n) is 12.4. The lowest BCUT2D eigenvalue weighted by Crippen LogP contribution is -2.59. The van der Waals surface area contributed by atoms with Gasteiger partial charge in [0.25, 0.3) is 0 Å². The summed E-state index contributed by atoms with van der Waals surface area (Å²) in [6.45, 7) is 8.38. The lowest BCUT2D eigenvalue weighted by Gasteiger charge is -2.62. The molecule has 4 aliphatic carbocycles. The Labute approximate surface area is 192 Å². The van der Waals surface area contributed by atoms with Crippen LogP contribution in [0.15, 0.2) is 23.8 Å². The minimum Gasteiger partial charge on any atom is -0.466 e. The van der Waals surface area contributed by atoms with E-state index in [9.17, 15) is 14.7 Å². The highest BCUT2D eigenvalue weighted by Crippen LogP contribution is 2.67. The number of aliphatic hydroxyl groups excluding tert-OH is 1. The van der Waals surface area contributed by atoms with Crippen LogP contribution in [-0.4, -0.2) is 36.4 Å². The van der Waals surface area contributed by atoms with Crippen LogP contribution in [0.2, 0.25) is 0 Å². The molecule has 0 aromatic rings. The van der Waals surface area contributed by atoms with Crippen molar-refractivity contribution in [2.45, 2.75) is 84.8 Å². The van der Waals surface area contributed by atoms with Crippen molar-refractivity contribution in [3.05, 3.63) is 23.8 Å². The second kappa shape index (κ2) is 8.62. The molecular formula is C27H40O5. The molecule has 178 valence electrons. The smallest absolute Gasteiger partial charge is 0.330 e. The summed E-state index contributed by atoms with van der Waals surface area (Å²) in [7, 11) is 1.40. The molecule has 0 amide bonds. The topological polar surface area (TPSA) is 72.8 Å². The Morgan fingerprint density at radius 3 is 2.69 bits per heavy atom. The highest BCUT2D eigenvalue weighted by molar-refractivity contribution is 5.81. The van der Waals surface area contributed by atoms with Gasteiger partial charge in [-0.25, -0.2) is 4.79 Å².